The largest absolute Gasteiger partial charge is 0.351 e. The summed E-state index contributed by atoms with van der Waals surface area (Å²) < 4.78 is 0. The van der Waals surface area contributed by atoms with Gasteiger partial charge in [-0.2, -0.15) is 0 Å². The highest BCUT2D eigenvalue weighted by atomic mass is 32.1. The maximum atomic E-state index is 13.8. The maximum Gasteiger partial charge on any atom is 0.261 e. The normalized spacial score (nSPS) is 14.3. The first-order chi connectivity index (χ1) is 17.1. The molecule has 1 unspecified atom stereocenters. The van der Waals surface area contributed by atoms with Crippen LogP contribution in [0.5, 0.6) is 0 Å². The molecule has 2 aromatic carbocycles. The molecule has 4 rings (SSSR count). The van der Waals surface area contributed by atoms with E-state index < -0.39 is 6.04 Å². The van der Waals surface area contributed by atoms with Crippen molar-refractivity contribution in [1.82, 2.24) is 10.6 Å². The third-order valence-corrected chi connectivity index (χ3v) is 7.24. The van der Waals surface area contributed by atoms with Gasteiger partial charge in [0.1, 0.15) is 6.04 Å². The van der Waals surface area contributed by atoms with Crippen LogP contribution in [0, 0.1) is 0 Å². The predicted octanol–water partition coefficient (Wildman–Crippen LogP) is 4.87. The van der Waals surface area contributed by atoms with Crippen LogP contribution < -0.4 is 15.5 Å². The molecule has 0 bridgehead atoms. The average Bonchev–Trinajstić information content (AvgIpc) is 3.61. The highest BCUT2D eigenvalue weighted by molar-refractivity contribution is 7.12. The summed E-state index contributed by atoms with van der Waals surface area (Å²) in [6.45, 7) is 1.81. The van der Waals surface area contributed by atoms with Crippen LogP contribution in [0.3, 0.4) is 0 Å². The number of carbonyl (C=O) groups is 3. The summed E-state index contributed by atoms with van der Waals surface area (Å²) in [6.07, 6.45) is 4.79. The number of rotatable bonds is 9. The van der Waals surface area contributed by atoms with Crippen molar-refractivity contribution in [2.24, 2.45) is 0 Å². The molecule has 0 radical (unpaired) electrons. The Bertz CT molecular complexity index is 1140. The summed E-state index contributed by atoms with van der Waals surface area (Å²) >= 11 is 1.32. The minimum atomic E-state index is -0.851. The number of amides is 3. The second kappa shape index (κ2) is 11.8. The lowest BCUT2D eigenvalue weighted by molar-refractivity contribution is -0.126. The fraction of sp³-hybridized carbons (Fsp3) is 0.321. The molecule has 0 spiro atoms. The van der Waals surface area contributed by atoms with E-state index in [0.717, 1.165) is 36.8 Å². The molecule has 0 saturated heterocycles. The summed E-state index contributed by atoms with van der Waals surface area (Å²) in [5.41, 5.74) is 2.37. The number of hydrogen-bond acceptors (Lipinski definition) is 4. The molecule has 1 aromatic heterocycles. The number of thiophene rings is 1. The number of nitrogens with zero attached hydrogens (tertiary/aromatic N) is 1. The fourth-order valence-corrected chi connectivity index (χ4v) is 5.24. The van der Waals surface area contributed by atoms with Crippen molar-refractivity contribution in [3.05, 3.63) is 88.1 Å². The molecule has 1 aliphatic carbocycles. The quantitative estimate of drug-likeness (QED) is 0.450. The van der Waals surface area contributed by atoms with Crippen molar-refractivity contribution in [2.45, 2.75) is 51.1 Å². The van der Waals surface area contributed by atoms with Gasteiger partial charge in [-0.05, 0) is 47.9 Å². The van der Waals surface area contributed by atoms with Gasteiger partial charge in [0.2, 0.25) is 11.8 Å². The minimum Gasteiger partial charge on any atom is -0.351 e. The topological polar surface area (TPSA) is 78.5 Å². The van der Waals surface area contributed by atoms with Gasteiger partial charge < -0.3 is 10.6 Å². The van der Waals surface area contributed by atoms with Crippen LogP contribution in [-0.2, 0) is 16.0 Å². The van der Waals surface area contributed by atoms with Gasteiger partial charge in [0.05, 0.1) is 11.4 Å². The van der Waals surface area contributed by atoms with E-state index in [9.17, 15) is 14.4 Å². The van der Waals surface area contributed by atoms with Crippen LogP contribution in [-0.4, -0.2) is 30.3 Å². The molecule has 35 heavy (non-hydrogen) atoms. The number of benzene rings is 2. The Kier molecular flexibility index (Phi) is 8.32. The van der Waals surface area contributed by atoms with Crippen LogP contribution in [0.25, 0.3) is 0 Å². The number of para-hydroxylation sites is 1. The summed E-state index contributed by atoms with van der Waals surface area (Å²) in [5.74, 6) is -0.845. The van der Waals surface area contributed by atoms with E-state index in [1.807, 2.05) is 66.9 Å². The molecule has 6 nitrogen and oxygen atoms in total. The standard InChI is InChI=1S/C28H31N3O3S/c1-2-20-11-6-9-16-23(20)31(25(32)19-29-27(33)24-17-10-18-35-24)26(21-12-4-3-5-13-21)28(34)30-22-14-7-8-15-22/h3-6,9-13,16-18,22,26H,2,7-8,14-15,19H2,1H3,(H,29,33)(H,30,34). The Balaban J connectivity index is 1.70. The van der Waals surface area contributed by atoms with Crippen molar-refractivity contribution in [2.75, 3.05) is 11.4 Å². The molecule has 1 atom stereocenters. The van der Waals surface area contributed by atoms with Gasteiger partial charge in [0.25, 0.3) is 5.91 Å². The van der Waals surface area contributed by atoms with Crippen LogP contribution in [0.15, 0.2) is 72.1 Å². The summed E-state index contributed by atoms with van der Waals surface area (Å²) in [6, 6.07) is 19.8. The molecule has 3 aromatic rings. The first-order valence-corrected chi connectivity index (χ1v) is 13.0. The molecule has 1 heterocycles. The van der Waals surface area contributed by atoms with Crippen molar-refractivity contribution >= 4 is 34.7 Å². The molecular formula is C28H31N3O3S. The van der Waals surface area contributed by atoms with Crippen LogP contribution >= 0.6 is 11.3 Å². The molecule has 1 aliphatic rings. The zero-order valence-corrected chi connectivity index (χ0v) is 20.7. The third-order valence-electron chi connectivity index (χ3n) is 6.37. The van der Waals surface area contributed by atoms with E-state index in [2.05, 4.69) is 10.6 Å². The van der Waals surface area contributed by atoms with Crippen molar-refractivity contribution in [1.29, 1.82) is 0 Å². The number of aryl methyl sites for hydroxylation is 1. The molecule has 1 fully saturated rings. The van der Waals surface area contributed by atoms with Gasteiger partial charge >= 0.3 is 0 Å². The third kappa shape index (κ3) is 5.98. The van der Waals surface area contributed by atoms with Crippen LogP contribution in [0.4, 0.5) is 5.69 Å². The van der Waals surface area contributed by atoms with E-state index in [4.69, 9.17) is 0 Å². The highest BCUT2D eigenvalue weighted by Crippen LogP contribution is 2.32. The summed E-state index contributed by atoms with van der Waals surface area (Å²) in [4.78, 5) is 42.2. The minimum absolute atomic E-state index is 0.116. The van der Waals surface area contributed by atoms with E-state index in [1.165, 1.54) is 11.3 Å². The monoisotopic (exact) mass is 489 g/mol. The second-order valence-corrected chi connectivity index (χ2v) is 9.66. The number of nitrogens with one attached hydrogen (secondary N) is 2. The molecule has 7 heteroatoms. The first kappa shape index (κ1) is 24.7. The summed E-state index contributed by atoms with van der Waals surface area (Å²) in [5, 5.41) is 7.75. The molecule has 0 aliphatic heterocycles. The Morgan fingerprint density at radius 3 is 2.37 bits per heavy atom. The van der Waals surface area contributed by atoms with E-state index in [0.29, 0.717) is 17.0 Å². The van der Waals surface area contributed by atoms with Gasteiger partial charge in [0.15, 0.2) is 0 Å². The first-order valence-electron chi connectivity index (χ1n) is 12.2. The van der Waals surface area contributed by atoms with Gasteiger partial charge in [-0.25, -0.2) is 0 Å². The molecular weight excluding hydrogens is 458 g/mol. The smallest absolute Gasteiger partial charge is 0.261 e. The van der Waals surface area contributed by atoms with Gasteiger partial charge in [-0.15, -0.1) is 11.3 Å². The summed E-state index contributed by atoms with van der Waals surface area (Å²) in [7, 11) is 0. The lowest BCUT2D eigenvalue weighted by Gasteiger charge is -2.33. The Hall–Kier alpha value is -3.45. The van der Waals surface area contributed by atoms with E-state index in [-0.39, 0.29) is 30.3 Å². The van der Waals surface area contributed by atoms with Crippen molar-refractivity contribution < 1.29 is 14.4 Å². The number of anilines is 1. The van der Waals surface area contributed by atoms with Gasteiger partial charge in [0, 0.05) is 11.7 Å². The molecule has 1 saturated carbocycles. The van der Waals surface area contributed by atoms with E-state index >= 15 is 0 Å². The number of carbonyl (C=O) groups excluding carboxylic acids is 3. The zero-order valence-electron chi connectivity index (χ0n) is 19.9. The number of hydrogen-bond donors (Lipinski definition) is 2. The van der Waals surface area contributed by atoms with Crippen molar-refractivity contribution in [3.8, 4) is 0 Å². The average molecular weight is 490 g/mol. The fourth-order valence-electron chi connectivity index (χ4n) is 4.60. The molecule has 3 amide bonds. The Morgan fingerprint density at radius 2 is 1.69 bits per heavy atom. The SMILES string of the molecule is CCc1ccccc1N(C(=O)CNC(=O)c1cccs1)C(C(=O)NC1CCCC1)c1ccccc1. The zero-order chi connectivity index (χ0) is 24.6. The Morgan fingerprint density at radius 1 is 0.971 bits per heavy atom. The lowest BCUT2D eigenvalue weighted by atomic mass is 10.0. The van der Waals surface area contributed by atoms with Crippen LogP contribution in [0.2, 0.25) is 0 Å². The van der Waals surface area contributed by atoms with Gasteiger partial charge in [-0.1, -0.05) is 74.4 Å². The Labute approximate surface area is 210 Å². The highest BCUT2D eigenvalue weighted by Gasteiger charge is 2.35. The van der Waals surface area contributed by atoms with Crippen LogP contribution in [0.1, 0.15) is 59.4 Å². The molecule has 182 valence electrons. The van der Waals surface area contributed by atoms with Gasteiger partial charge in [-0.3, -0.25) is 19.3 Å². The van der Waals surface area contributed by atoms with E-state index in [1.54, 1.807) is 17.0 Å². The predicted molar refractivity (Wildman–Crippen MR) is 140 cm³/mol. The van der Waals surface area contributed by atoms with Crippen molar-refractivity contribution in [3.63, 3.8) is 0 Å². The molecule has 2 N–H and O–H groups in total. The maximum absolute atomic E-state index is 13.8. The lowest BCUT2D eigenvalue weighted by Crippen LogP contribution is -2.49. The second-order valence-electron chi connectivity index (χ2n) is 8.71.